The van der Waals surface area contributed by atoms with Crippen LogP contribution in [0.15, 0.2) is 48.5 Å². The van der Waals surface area contributed by atoms with Gasteiger partial charge in [0.25, 0.3) is 11.8 Å². The minimum Gasteiger partial charge on any atom is -0.325 e. The molecule has 2 aromatic carbocycles. The lowest BCUT2D eigenvalue weighted by Gasteiger charge is -2.13. The van der Waals surface area contributed by atoms with Gasteiger partial charge in [-0.15, -0.1) is 0 Å². The number of carbonyl (C=O) groups excluding carboxylic acids is 3. The van der Waals surface area contributed by atoms with Crippen LogP contribution >= 0.6 is 0 Å². The lowest BCUT2D eigenvalue weighted by Crippen LogP contribution is -2.37. The number of nitrogens with zero attached hydrogens (tertiary/aromatic N) is 1. The molecule has 2 aromatic rings. The molecule has 0 radical (unpaired) electrons. The Morgan fingerprint density at radius 1 is 0.923 bits per heavy atom. The molecule has 26 heavy (non-hydrogen) atoms. The molecule has 1 aliphatic rings. The molecule has 0 spiro atoms. The van der Waals surface area contributed by atoms with E-state index in [1.807, 2.05) is 24.3 Å². The second-order valence-corrected chi connectivity index (χ2v) is 6.44. The van der Waals surface area contributed by atoms with E-state index in [2.05, 4.69) is 12.2 Å². The third kappa shape index (κ3) is 3.82. The first kappa shape index (κ1) is 17.9. The van der Waals surface area contributed by atoms with Crippen LogP contribution in [0.5, 0.6) is 0 Å². The van der Waals surface area contributed by atoms with Crippen molar-refractivity contribution in [3.8, 4) is 0 Å². The summed E-state index contributed by atoms with van der Waals surface area (Å²) in [5.41, 5.74) is 2.59. The van der Waals surface area contributed by atoms with Crippen molar-refractivity contribution in [1.82, 2.24) is 4.90 Å². The molecule has 5 nitrogen and oxygen atoms in total. The molecular weight excluding hydrogens is 328 g/mol. The van der Waals surface area contributed by atoms with Crippen molar-refractivity contribution in [3.05, 3.63) is 65.2 Å². The van der Waals surface area contributed by atoms with Gasteiger partial charge in [0, 0.05) is 5.69 Å². The van der Waals surface area contributed by atoms with Crippen molar-refractivity contribution in [2.75, 3.05) is 11.9 Å². The van der Waals surface area contributed by atoms with Gasteiger partial charge in [-0.05, 0) is 42.7 Å². The van der Waals surface area contributed by atoms with Crippen LogP contribution in [0.1, 0.15) is 52.5 Å². The van der Waals surface area contributed by atoms with Gasteiger partial charge in [0.15, 0.2) is 0 Å². The van der Waals surface area contributed by atoms with Gasteiger partial charge in [0.05, 0.1) is 11.1 Å². The van der Waals surface area contributed by atoms with Crippen molar-refractivity contribution >= 4 is 23.4 Å². The second kappa shape index (κ2) is 7.95. The van der Waals surface area contributed by atoms with Crippen LogP contribution in [0, 0.1) is 0 Å². The Balaban J connectivity index is 1.58. The van der Waals surface area contributed by atoms with Crippen molar-refractivity contribution in [3.63, 3.8) is 0 Å². The Labute approximate surface area is 153 Å². The first-order valence-electron chi connectivity index (χ1n) is 8.94. The molecule has 0 aliphatic carbocycles. The fraction of sp³-hybridized carbons (Fsp3) is 0.286. The predicted octanol–water partition coefficient (Wildman–Crippen LogP) is 3.65. The molecule has 3 rings (SSSR count). The van der Waals surface area contributed by atoms with Crippen LogP contribution in [0.3, 0.4) is 0 Å². The highest BCUT2D eigenvalue weighted by Gasteiger charge is 2.36. The van der Waals surface area contributed by atoms with Gasteiger partial charge >= 0.3 is 0 Å². The zero-order valence-electron chi connectivity index (χ0n) is 14.8. The summed E-state index contributed by atoms with van der Waals surface area (Å²) >= 11 is 0. The van der Waals surface area contributed by atoms with Crippen LogP contribution in [-0.2, 0) is 11.2 Å². The molecule has 1 heterocycles. The molecule has 0 saturated carbocycles. The summed E-state index contributed by atoms with van der Waals surface area (Å²) in [6.07, 6.45) is 4.57. The average molecular weight is 350 g/mol. The van der Waals surface area contributed by atoms with Crippen LogP contribution in [0.4, 0.5) is 5.69 Å². The van der Waals surface area contributed by atoms with E-state index >= 15 is 0 Å². The number of carbonyl (C=O) groups is 3. The molecule has 0 bridgehead atoms. The van der Waals surface area contributed by atoms with Crippen LogP contribution in [0.2, 0.25) is 0 Å². The Morgan fingerprint density at radius 2 is 1.54 bits per heavy atom. The number of amides is 3. The summed E-state index contributed by atoms with van der Waals surface area (Å²) in [4.78, 5) is 37.8. The van der Waals surface area contributed by atoms with E-state index < -0.39 is 17.7 Å². The summed E-state index contributed by atoms with van der Waals surface area (Å²) in [6.45, 7) is 1.89. The maximum absolute atomic E-state index is 12.3. The molecule has 1 N–H and O–H groups in total. The van der Waals surface area contributed by atoms with Crippen LogP contribution < -0.4 is 5.32 Å². The fourth-order valence-electron chi connectivity index (χ4n) is 3.06. The van der Waals surface area contributed by atoms with Crippen molar-refractivity contribution in [2.24, 2.45) is 0 Å². The molecule has 1 aliphatic heterocycles. The Bertz CT molecular complexity index is 792. The molecule has 3 amide bonds. The summed E-state index contributed by atoms with van der Waals surface area (Å²) in [6, 6.07) is 14.3. The quantitative estimate of drug-likeness (QED) is 0.612. The molecular formula is C21H22N2O3. The minimum absolute atomic E-state index is 0.287. The number of rotatable bonds is 7. The third-order valence-electron chi connectivity index (χ3n) is 4.49. The first-order valence-corrected chi connectivity index (χ1v) is 8.94. The van der Waals surface area contributed by atoms with Gasteiger partial charge in [-0.1, -0.05) is 44.0 Å². The van der Waals surface area contributed by atoms with E-state index in [-0.39, 0.29) is 6.54 Å². The molecule has 0 saturated heterocycles. The molecule has 0 aromatic heterocycles. The first-order chi connectivity index (χ1) is 12.6. The topological polar surface area (TPSA) is 66.5 Å². The molecule has 134 valence electrons. The predicted molar refractivity (Wildman–Crippen MR) is 100 cm³/mol. The van der Waals surface area contributed by atoms with Gasteiger partial charge < -0.3 is 5.32 Å². The Kier molecular flexibility index (Phi) is 5.46. The van der Waals surface area contributed by atoms with E-state index in [0.29, 0.717) is 16.8 Å². The van der Waals surface area contributed by atoms with E-state index in [1.165, 1.54) is 18.4 Å². The number of hydrogen-bond donors (Lipinski definition) is 1. The van der Waals surface area contributed by atoms with E-state index in [4.69, 9.17) is 0 Å². The van der Waals surface area contributed by atoms with Crippen molar-refractivity contribution in [2.45, 2.75) is 32.6 Å². The minimum atomic E-state index is -0.424. The number of aryl methyl sites for hydroxylation is 1. The smallest absolute Gasteiger partial charge is 0.262 e. The maximum atomic E-state index is 12.3. The number of unbranched alkanes of at least 4 members (excludes halogenated alkanes) is 2. The summed E-state index contributed by atoms with van der Waals surface area (Å²) in [7, 11) is 0. The van der Waals surface area contributed by atoms with Crippen LogP contribution in [0.25, 0.3) is 0 Å². The lowest BCUT2D eigenvalue weighted by molar-refractivity contribution is -0.116. The Morgan fingerprint density at radius 3 is 2.12 bits per heavy atom. The van der Waals surface area contributed by atoms with E-state index in [1.54, 1.807) is 24.3 Å². The molecule has 5 heteroatoms. The van der Waals surface area contributed by atoms with E-state index in [0.717, 1.165) is 17.7 Å². The number of anilines is 1. The van der Waals surface area contributed by atoms with Gasteiger partial charge in [0.2, 0.25) is 5.91 Å². The largest absolute Gasteiger partial charge is 0.325 e. The molecule has 0 fully saturated rings. The standard InChI is InChI=1S/C21H22N2O3/c1-2-3-4-7-15-10-12-16(13-11-15)22-19(24)14-23-20(25)17-8-5-6-9-18(17)21(23)26/h5-6,8-13H,2-4,7,14H2,1H3,(H,22,24). The maximum Gasteiger partial charge on any atom is 0.262 e. The summed E-state index contributed by atoms with van der Waals surface area (Å²) in [5.74, 6) is -1.24. The highest BCUT2D eigenvalue weighted by molar-refractivity contribution is 6.22. The van der Waals surface area contributed by atoms with E-state index in [9.17, 15) is 14.4 Å². The number of imide groups is 1. The third-order valence-corrected chi connectivity index (χ3v) is 4.49. The van der Waals surface area contributed by atoms with Crippen LogP contribution in [-0.4, -0.2) is 29.2 Å². The number of fused-ring (bicyclic) bond motifs is 1. The molecule has 0 atom stereocenters. The second-order valence-electron chi connectivity index (χ2n) is 6.44. The Hall–Kier alpha value is -2.95. The zero-order chi connectivity index (χ0) is 18.5. The number of nitrogens with one attached hydrogen (secondary N) is 1. The van der Waals surface area contributed by atoms with Crippen molar-refractivity contribution in [1.29, 1.82) is 0 Å². The average Bonchev–Trinajstić information content (AvgIpc) is 2.89. The van der Waals surface area contributed by atoms with Gasteiger partial charge in [-0.2, -0.15) is 0 Å². The molecule has 0 unspecified atom stereocenters. The van der Waals surface area contributed by atoms with Gasteiger partial charge in [-0.25, -0.2) is 0 Å². The van der Waals surface area contributed by atoms with Gasteiger partial charge in [-0.3, -0.25) is 19.3 Å². The summed E-state index contributed by atoms with van der Waals surface area (Å²) in [5, 5.41) is 2.75. The highest BCUT2D eigenvalue weighted by Crippen LogP contribution is 2.22. The SMILES string of the molecule is CCCCCc1ccc(NC(=O)CN2C(=O)c3ccccc3C2=O)cc1. The summed E-state index contributed by atoms with van der Waals surface area (Å²) < 4.78 is 0. The fourth-order valence-corrected chi connectivity index (χ4v) is 3.06. The number of hydrogen-bond acceptors (Lipinski definition) is 3. The number of benzene rings is 2. The normalized spacial score (nSPS) is 13.0. The monoisotopic (exact) mass is 350 g/mol. The van der Waals surface area contributed by atoms with Gasteiger partial charge in [0.1, 0.15) is 6.54 Å². The van der Waals surface area contributed by atoms with Crippen molar-refractivity contribution < 1.29 is 14.4 Å². The highest BCUT2D eigenvalue weighted by atomic mass is 16.2. The zero-order valence-corrected chi connectivity index (χ0v) is 14.8. The lowest BCUT2D eigenvalue weighted by atomic mass is 10.1.